The van der Waals surface area contributed by atoms with Crippen LogP contribution < -0.4 is 15.0 Å². The first-order chi connectivity index (χ1) is 14.1. The quantitative estimate of drug-likeness (QED) is 0.853. The Kier molecular flexibility index (Phi) is 5.78. The van der Waals surface area contributed by atoms with Crippen molar-refractivity contribution in [1.82, 2.24) is 10.2 Å². The Hall–Kier alpha value is -2.90. The minimum atomic E-state index is -0.747. The smallest absolute Gasteiger partial charge is 0.252 e. The van der Waals surface area contributed by atoms with Gasteiger partial charge in [0.15, 0.2) is 0 Å². The molecule has 0 unspecified atom stereocenters. The van der Waals surface area contributed by atoms with Crippen LogP contribution in [0.3, 0.4) is 0 Å². The van der Waals surface area contributed by atoms with E-state index in [0.29, 0.717) is 17.0 Å². The van der Waals surface area contributed by atoms with Crippen molar-refractivity contribution in [3.05, 3.63) is 59.7 Å². The van der Waals surface area contributed by atoms with Crippen molar-refractivity contribution in [2.24, 2.45) is 0 Å². The topological polar surface area (TPSA) is 71.1 Å². The average Bonchev–Trinajstić information content (AvgIpc) is 2.87. The molecule has 7 heteroatoms. The van der Waals surface area contributed by atoms with Gasteiger partial charge in [-0.1, -0.05) is 24.3 Å². The fourth-order valence-corrected chi connectivity index (χ4v) is 3.63. The number of hydrogen-bond donors (Lipinski definition) is 1. The summed E-state index contributed by atoms with van der Waals surface area (Å²) < 4.78 is 11.1. The Morgan fingerprint density at radius 2 is 1.93 bits per heavy atom. The van der Waals surface area contributed by atoms with Gasteiger partial charge >= 0.3 is 0 Å². The molecular formula is C22H25N3O4. The maximum absolute atomic E-state index is 12.8. The van der Waals surface area contributed by atoms with Gasteiger partial charge in [0, 0.05) is 32.2 Å². The Labute approximate surface area is 170 Å². The molecule has 1 N–H and O–H groups in total. The van der Waals surface area contributed by atoms with Crippen molar-refractivity contribution in [3.8, 4) is 5.75 Å². The van der Waals surface area contributed by atoms with Gasteiger partial charge in [0.25, 0.3) is 11.8 Å². The van der Waals surface area contributed by atoms with E-state index in [9.17, 15) is 9.59 Å². The highest BCUT2D eigenvalue weighted by molar-refractivity contribution is 6.03. The molecule has 1 saturated heterocycles. The summed E-state index contributed by atoms with van der Waals surface area (Å²) in [7, 11) is 1.69. The third-order valence-electron chi connectivity index (χ3n) is 5.27. The maximum atomic E-state index is 12.8. The van der Waals surface area contributed by atoms with Crippen molar-refractivity contribution in [3.63, 3.8) is 0 Å². The summed E-state index contributed by atoms with van der Waals surface area (Å²) in [6, 6.07) is 14.1. The predicted octanol–water partition coefficient (Wildman–Crippen LogP) is 1.67. The Bertz CT molecular complexity index is 895. The SMILES string of the molecule is CN1C(=O)[C@@H](NC(=O)c2cccc(CN3CCOCC3)c2)COc2ccccc21. The van der Waals surface area contributed by atoms with Crippen LogP contribution in [0.5, 0.6) is 5.75 Å². The summed E-state index contributed by atoms with van der Waals surface area (Å²) >= 11 is 0. The molecule has 1 atom stereocenters. The lowest BCUT2D eigenvalue weighted by Crippen LogP contribution is -2.49. The van der Waals surface area contributed by atoms with E-state index >= 15 is 0 Å². The number of anilines is 1. The van der Waals surface area contributed by atoms with Gasteiger partial charge < -0.3 is 19.7 Å². The Balaban J connectivity index is 1.44. The van der Waals surface area contributed by atoms with E-state index in [-0.39, 0.29) is 18.4 Å². The number of carbonyl (C=O) groups excluding carboxylic acids is 2. The first kappa shape index (κ1) is 19.4. The third kappa shape index (κ3) is 4.41. The van der Waals surface area contributed by atoms with Crippen molar-refractivity contribution < 1.29 is 19.1 Å². The van der Waals surface area contributed by atoms with Crippen LogP contribution in [-0.2, 0) is 16.1 Å². The summed E-state index contributed by atoms with van der Waals surface area (Å²) in [5.74, 6) is 0.149. The molecule has 0 aliphatic carbocycles. The second-order valence-corrected chi connectivity index (χ2v) is 7.29. The van der Waals surface area contributed by atoms with Crippen LogP contribution >= 0.6 is 0 Å². The van der Waals surface area contributed by atoms with Crippen LogP contribution in [0, 0.1) is 0 Å². The summed E-state index contributed by atoms with van der Waals surface area (Å²) in [6.45, 7) is 4.11. The third-order valence-corrected chi connectivity index (χ3v) is 5.27. The van der Waals surface area contributed by atoms with E-state index in [1.165, 1.54) is 4.90 Å². The van der Waals surface area contributed by atoms with E-state index < -0.39 is 6.04 Å². The van der Waals surface area contributed by atoms with Crippen LogP contribution in [0.4, 0.5) is 5.69 Å². The fourth-order valence-electron chi connectivity index (χ4n) is 3.63. The first-order valence-corrected chi connectivity index (χ1v) is 9.81. The lowest BCUT2D eigenvalue weighted by molar-refractivity contribution is -0.120. The van der Waals surface area contributed by atoms with Gasteiger partial charge in [-0.3, -0.25) is 14.5 Å². The van der Waals surface area contributed by atoms with Crippen LogP contribution in [0.1, 0.15) is 15.9 Å². The number of morpholine rings is 1. The van der Waals surface area contributed by atoms with E-state index in [2.05, 4.69) is 10.2 Å². The molecule has 2 aromatic rings. The number of fused-ring (bicyclic) bond motifs is 1. The average molecular weight is 395 g/mol. The molecule has 2 aliphatic rings. The van der Waals surface area contributed by atoms with E-state index in [4.69, 9.17) is 9.47 Å². The van der Waals surface area contributed by atoms with Gasteiger partial charge in [-0.15, -0.1) is 0 Å². The van der Waals surface area contributed by atoms with Crippen molar-refractivity contribution in [2.75, 3.05) is 44.9 Å². The number of para-hydroxylation sites is 2. The second kappa shape index (κ2) is 8.63. The summed E-state index contributed by atoms with van der Waals surface area (Å²) in [6.07, 6.45) is 0. The lowest BCUT2D eigenvalue weighted by atomic mass is 10.1. The number of rotatable bonds is 4. The normalized spacial score (nSPS) is 19.8. The van der Waals surface area contributed by atoms with Crippen LogP contribution in [0.2, 0.25) is 0 Å². The monoisotopic (exact) mass is 395 g/mol. The molecule has 0 spiro atoms. The predicted molar refractivity (Wildman–Crippen MR) is 109 cm³/mol. The zero-order chi connectivity index (χ0) is 20.2. The minimum absolute atomic E-state index is 0.0966. The Morgan fingerprint density at radius 1 is 1.14 bits per heavy atom. The van der Waals surface area contributed by atoms with E-state index in [1.807, 2.05) is 42.5 Å². The highest BCUT2D eigenvalue weighted by Crippen LogP contribution is 2.29. The van der Waals surface area contributed by atoms with Gasteiger partial charge in [0.1, 0.15) is 18.4 Å². The second-order valence-electron chi connectivity index (χ2n) is 7.29. The standard InChI is InChI=1S/C22H25N3O4/c1-24-19-7-2-3-8-20(19)29-15-18(22(24)27)23-21(26)17-6-4-5-16(13-17)14-25-9-11-28-12-10-25/h2-8,13,18H,9-12,14-15H2,1H3,(H,23,26)/t18-/m0/s1. The number of carbonyl (C=O) groups is 2. The number of amides is 2. The van der Waals surface area contributed by atoms with Gasteiger partial charge in [-0.2, -0.15) is 0 Å². The van der Waals surface area contributed by atoms with Gasteiger partial charge in [0.05, 0.1) is 18.9 Å². The van der Waals surface area contributed by atoms with Crippen molar-refractivity contribution in [2.45, 2.75) is 12.6 Å². The highest BCUT2D eigenvalue weighted by Gasteiger charge is 2.30. The summed E-state index contributed by atoms with van der Waals surface area (Å²) in [4.78, 5) is 29.5. The molecule has 7 nitrogen and oxygen atoms in total. The molecule has 0 radical (unpaired) electrons. The molecule has 2 amide bonds. The molecule has 0 saturated carbocycles. The number of likely N-dealkylation sites (N-methyl/N-ethyl adjacent to an activating group) is 1. The van der Waals surface area contributed by atoms with E-state index in [0.717, 1.165) is 38.4 Å². The minimum Gasteiger partial charge on any atom is -0.489 e. The van der Waals surface area contributed by atoms with Crippen molar-refractivity contribution in [1.29, 1.82) is 0 Å². The molecule has 29 heavy (non-hydrogen) atoms. The fraction of sp³-hybridized carbons (Fsp3) is 0.364. The van der Waals surface area contributed by atoms with Gasteiger partial charge in [-0.05, 0) is 29.8 Å². The van der Waals surface area contributed by atoms with Crippen LogP contribution in [0.25, 0.3) is 0 Å². The molecule has 0 bridgehead atoms. The molecule has 1 fully saturated rings. The number of benzene rings is 2. The lowest BCUT2D eigenvalue weighted by Gasteiger charge is -2.26. The largest absolute Gasteiger partial charge is 0.489 e. The summed E-state index contributed by atoms with van der Waals surface area (Å²) in [5.41, 5.74) is 2.29. The molecular weight excluding hydrogens is 370 g/mol. The summed E-state index contributed by atoms with van der Waals surface area (Å²) in [5, 5.41) is 2.83. The van der Waals surface area contributed by atoms with Gasteiger partial charge in [-0.25, -0.2) is 0 Å². The number of hydrogen-bond acceptors (Lipinski definition) is 5. The molecule has 2 heterocycles. The molecule has 4 rings (SSSR count). The van der Waals surface area contributed by atoms with Gasteiger partial charge in [0.2, 0.25) is 0 Å². The Morgan fingerprint density at radius 3 is 2.76 bits per heavy atom. The first-order valence-electron chi connectivity index (χ1n) is 9.81. The van der Waals surface area contributed by atoms with Crippen molar-refractivity contribution >= 4 is 17.5 Å². The molecule has 2 aromatic carbocycles. The number of ether oxygens (including phenoxy) is 2. The number of nitrogens with zero attached hydrogens (tertiary/aromatic N) is 2. The van der Waals surface area contributed by atoms with Crippen LogP contribution in [-0.4, -0.2) is 62.7 Å². The zero-order valence-corrected chi connectivity index (χ0v) is 16.5. The highest BCUT2D eigenvalue weighted by atomic mass is 16.5. The molecule has 2 aliphatic heterocycles. The zero-order valence-electron chi connectivity index (χ0n) is 16.5. The van der Waals surface area contributed by atoms with Crippen LogP contribution in [0.15, 0.2) is 48.5 Å². The molecule has 152 valence electrons. The number of nitrogens with one attached hydrogen (secondary N) is 1. The maximum Gasteiger partial charge on any atom is 0.252 e. The van der Waals surface area contributed by atoms with E-state index in [1.54, 1.807) is 13.1 Å². The molecule has 0 aromatic heterocycles.